The number of amides is 1. The minimum atomic E-state index is -0.448. The van der Waals surface area contributed by atoms with Gasteiger partial charge < -0.3 is 20.5 Å². The van der Waals surface area contributed by atoms with E-state index in [4.69, 9.17) is 15.2 Å². The van der Waals surface area contributed by atoms with Crippen LogP contribution in [0.1, 0.15) is 29.8 Å². The van der Waals surface area contributed by atoms with Crippen LogP contribution in [0.4, 0.5) is 0 Å². The highest BCUT2D eigenvalue weighted by Gasteiger charge is 2.21. The molecular weight excluding hydrogens is 280 g/mol. The van der Waals surface area contributed by atoms with E-state index in [1.165, 1.54) is 0 Å². The maximum Gasteiger partial charge on any atom is 0.252 e. The van der Waals surface area contributed by atoms with E-state index >= 15 is 0 Å². The highest BCUT2D eigenvalue weighted by molar-refractivity contribution is 5.96. The molecule has 3 N–H and O–H groups in total. The van der Waals surface area contributed by atoms with Crippen LogP contribution in [-0.2, 0) is 0 Å². The van der Waals surface area contributed by atoms with E-state index in [-0.39, 0.29) is 18.3 Å². The van der Waals surface area contributed by atoms with E-state index in [0.29, 0.717) is 23.6 Å². The third kappa shape index (κ3) is 4.28. The van der Waals surface area contributed by atoms with Gasteiger partial charge >= 0.3 is 0 Å². The molecule has 1 amide bonds. The lowest BCUT2D eigenvalue weighted by Gasteiger charge is -2.25. The second-order valence-corrected chi connectivity index (χ2v) is 5.06. The summed E-state index contributed by atoms with van der Waals surface area (Å²) in [6.45, 7) is 5.97. The van der Waals surface area contributed by atoms with Gasteiger partial charge in [-0.2, -0.15) is 0 Å². The van der Waals surface area contributed by atoms with E-state index in [0.717, 1.165) is 5.56 Å². The standard InChI is InChI=1S/C14H22N2O3.ClH/c1-9-6-11(18-4)12(19-5)7-10(9)13(17)16-14(2,3)8-15;/h6-7H,8,15H2,1-5H3,(H,16,17);1H. The molecule has 20 heavy (non-hydrogen) atoms. The molecule has 0 saturated carbocycles. The second-order valence-electron chi connectivity index (χ2n) is 5.06. The van der Waals surface area contributed by atoms with E-state index in [1.54, 1.807) is 26.4 Å². The largest absolute Gasteiger partial charge is 0.493 e. The van der Waals surface area contributed by atoms with Crippen molar-refractivity contribution in [3.8, 4) is 11.5 Å². The monoisotopic (exact) mass is 302 g/mol. The predicted octanol–water partition coefficient (Wildman–Crippen LogP) is 1.90. The summed E-state index contributed by atoms with van der Waals surface area (Å²) in [5, 5.41) is 2.89. The van der Waals surface area contributed by atoms with Crippen LogP contribution in [0.3, 0.4) is 0 Å². The minimum absolute atomic E-state index is 0. The van der Waals surface area contributed by atoms with Crippen molar-refractivity contribution >= 4 is 18.3 Å². The normalized spacial score (nSPS) is 10.5. The first-order valence-electron chi connectivity index (χ1n) is 6.10. The van der Waals surface area contributed by atoms with Gasteiger partial charge in [0.15, 0.2) is 11.5 Å². The number of hydrogen-bond donors (Lipinski definition) is 2. The van der Waals surface area contributed by atoms with Crippen molar-refractivity contribution in [2.24, 2.45) is 5.73 Å². The number of nitrogens with one attached hydrogen (secondary N) is 1. The van der Waals surface area contributed by atoms with Gasteiger partial charge in [0.1, 0.15) is 0 Å². The molecule has 0 aromatic heterocycles. The molecule has 6 heteroatoms. The van der Waals surface area contributed by atoms with Crippen molar-refractivity contribution in [1.82, 2.24) is 5.32 Å². The van der Waals surface area contributed by atoms with Crippen LogP contribution in [0.25, 0.3) is 0 Å². The van der Waals surface area contributed by atoms with E-state index in [9.17, 15) is 4.79 Å². The fourth-order valence-corrected chi connectivity index (χ4v) is 1.65. The summed E-state index contributed by atoms with van der Waals surface area (Å²) in [7, 11) is 3.10. The Kier molecular flexibility index (Phi) is 6.82. The first-order valence-corrected chi connectivity index (χ1v) is 6.10. The maximum atomic E-state index is 12.2. The number of nitrogens with two attached hydrogens (primary N) is 1. The zero-order valence-electron chi connectivity index (χ0n) is 12.6. The number of methoxy groups -OCH3 is 2. The Bertz CT molecular complexity index is 476. The molecule has 0 aliphatic heterocycles. The molecule has 0 radical (unpaired) electrons. The van der Waals surface area contributed by atoms with Gasteiger partial charge in [0.05, 0.1) is 14.2 Å². The molecule has 1 aromatic rings. The Hall–Kier alpha value is -1.46. The molecule has 0 aliphatic carbocycles. The van der Waals surface area contributed by atoms with Gasteiger partial charge in [0, 0.05) is 17.6 Å². The highest BCUT2D eigenvalue weighted by atomic mass is 35.5. The number of halogens is 1. The summed E-state index contributed by atoms with van der Waals surface area (Å²) in [5.41, 5.74) is 6.54. The predicted molar refractivity (Wildman–Crippen MR) is 82.1 cm³/mol. The zero-order chi connectivity index (χ0) is 14.6. The average molecular weight is 303 g/mol. The number of carbonyl (C=O) groups excluding carboxylic acids is 1. The van der Waals surface area contributed by atoms with Crippen molar-refractivity contribution < 1.29 is 14.3 Å². The van der Waals surface area contributed by atoms with Gasteiger partial charge in [-0.25, -0.2) is 0 Å². The molecule has 0 heterocycles. The van der Waals surface area contributed by atoms with Crippen molar-refractivity contribution in [2.75, 3.05) is 20.8 Å². The van der Waals surface area contributed by atoms with Gasteiger partial charge in [0.25, 0.3) is 5.91 Å². The van der Waals surface area contributed by atoms with Gasteiger partial charge in [-0.15, -0.1) is 12.4 Å². The Morgan fingerprint density at radius 1 is 1.25 bits per heavy atom. The SMILES string of the molecule is COc1cc(C)c(C(=O)NC(C)(C)CN)cc1OC.Cl. The van der Waals surface area contributed by atoms with Crippen molar-refractivity contribution in [3.63, 3.8) is 0 Å². The smallest absolute Gasteiger partial charge is 0.252 e. The molecule has 0 fully saturated rings. The average Bonchev–Trinajstić information content (AvgIpc) is 2.37. The second kappa shape index (κ2) is 7.36. The third-order valence-corrected chi connectivity index (χ3v) is 2.94. The summed E-state index contributed by atoms with van der Waals surface area (Å²) in [5.74, 6) is 0.965. The molecule has 0 atom stereocenters. The van der Waals surface area contributed by atoms with Crippen LogP contribution in [0, 0.1) is 6.92 Å². The number of carbonyl (C=O) groups is 1. The molecule has 0 saturated heterocycles. The van der Waals surface area contributed by atoms with Crippen molar-refractivity contribution in [3.05, 3.63) is 23.3 Å². The molecule has 5 nitrogen and oxygen atoms in total. The highest BCUT2D eigenvalue weighted by Crippen LogP contribution is 2.30. The first kappa shape index (κ1) is 18.5. The van der Waals surface area contributed by atoms with E-state index in [1.807, 2.05) is 20.8 Å². The number of ether oxygens (including phenoxy) is 2. The first-order chi connectivity index (χ1) is 8.84. The summed E-state index contributed by atoms with van der Waals surface area (Å²) >= 11 is 0. The summed E-state index contributed by atoms with van der Waals surface area (Å²) < 4.78 is 10.4. The van der Waals surface area contributed by atoms with Crippen LogP contribution in [0.15, 0.2) is 12.1 Å². The summed E-state index contributed by atoms with van der Waals surface area (Å²) in [4.78, 5) is 12.2. The van der Waals surface area contributed by atoms with E-state index < -0.39 is 5.54 Å². The minimum Gasteiger partial charge on any atom is -0.493 e. The number of rotatable bonds is 5. The van der Waals surface area contributed by atoms with Gasteiger partial charge in [-0.05, 0) is 38.5 Å². The lowest BCUT2D eigenvalue weighted by atomic mass is 10.0. The lowest BCUT2D eigenvalue weighted by Crippen LogP contribution is -2.49. The molecule has 114 valence electrons. The van der Waals surface area contributed by atoms with Crippen LogP contribution < -0.4 is 20.5 Å². The number of hydrogen-bond acceptors (Lipinski definition) is 4. The summed E-state index contributed by atoms with van der Waals surface area (Å²) in [6, 6.07) is 3.46. The molecule has 1 rings (SSSR count). The molecule has 1 aromatic carbocycles. The third-order valence-electron chi connectivity index (χ3n) is 2.94. The maximum absolute atomic E-state index is 12.2. The molecule has 0 bridgehead atoms. The Morgan fingerprint density at radius 2 is 1.75 bits per heavy atom. The summed E-state index contributed by atoms with van der Waals surface area (Å²) in [6.07, 6.45) is 0. The van der Waals surface area contributed by atoms with Gasteiger partial charge in [-0.3, -0.25) is 4.79 Å². The Labute approximate surface area is 126 Å². The van der Waals surface area contributed by atoms with Crippen molar-refractivity contribution in [1.29, 1.82) is 0 Å². The van der Waals surface area contributed by atoms with Crippen LogP contribution >= 0.6 is 12.4 Å². The lowest BCUT2D eigenvalue weighted by molar-refractivity contribution is 0.0914. The number of benzene rings is 1. The van der Waals surface area contributed by atoms with Crippen LogP contribution in [-0.4, -0.2) is 32.2 Å². The Morgan fingerprint density at radius 3 is 2.20 bits per heavy atom. The topological polar surface area (TPSA) is 73.6 Å². The number of aryl methyl sites for hydroxylation is 1. The fraction of sp³-hybridized carbons (Fsp3) is 0.500. The van der Waals surface area contributed by atoms with Gasteiger partial charge in [-0.1, -0.05) is 0 Å². The zero-order valence-corrected chi connectivity index (χ0v) is 13.4. The molecule has 0 spiro atoms. The molecule has 0 unspecified atom stereocenters. The quantitative estimate of drug-likeness (QED) is 0.871. The fourth-order valence-electron chi connectivity index (χ4n) is 1.65. The van der Waals surface area contributed by atoms with Crippen LogP contribution in [0.5, 0.6) is 11.5 Å². The van der Waals surface area contributed by atoms with Crippen LogP contribution in [0.2, 0.25) is 0 Å². The molecular formula is C14H23ClN2O3. The Balaban J connectivity index is 0.00000361. The van der Waals surface area contributed by atoms with E-state index in [2.05, 4.69) is 5.32 Å². The van der Waals surface area contributed by atoms with Gasteiger partial charge in [0.2, 0.25) is 0 Å². The molecule has 0 aliphatic rings. The van der Waals surface area contributed by atoms with Crippen molar-refractivity contribution in [2.45, 2.75) is 26.3 Å².